The molecule has 0 aromatic heterocycles. The fourth-order valence-corrected chi connectivity index (χ4v) is 2.67. The molecule has 13 nitrogen and oxygen atoms in total. The Bertz CT molecular complexity index is 1080. The van der Waals surface area contributed by atoms with Crippen LogP contribution in [0.25, 0.3) is 0 Å². The minimum Gasteiger partial charge on any atom is -0.277 e. The number of hydrogen-bond donors (Lipinski definition) is 3. The third kappa shape index (κ3) is 4.09. The second-order valence-corrected chi connectivity index (χ2v) is 5.93. The van der Waals surface area contributed by atoms with Crippen molar-refractivity contribution in [1.82, 2.24) is 10.6 Å². The van der Waals surface area contributed by atoms with Crippen LogP contribution >= 0.6 is 0 Å². The summed E-state index contributed by atoms with van der Waals surface area (Å²) in [5, 5.41) is 30.0. The molecule has 0 spiro atoms. The molecule has 0 bridgehead atoms. The Morgan fingerprint density at radius 1 is 0.933 bits per heavy atom. The molecule has 152 valence electrons. The van der Waals surface area contributed by atoms with Gasteiger partial charge in [-0.1, -0.05) is 30.3 Å². The summed E-state index contributed by atoms with van der Waals surface area (Å²) in [4.78, 5) is 56.3. The molecule has 0 saturated carbocycles. The van der Waals surface area contributed by atoms with Gasteiger partial charge in [0.15, 0.2) is 5.92 Å². The van der Waals surface area contributed by atoms with E-state index in [2.05, 4.69) is 10.5 Å². The minimum atomic E-state index is -1.52. The van der Waals surface area contributed by atoms with Crippen molar-refractivity contribution in [1.29, 1.82) is 0 Å². The smallest absolute Gasteiger partial charge is 0.277 e. The molecule has 4 amide bonds. The van der Waals surface area contributed by atoms with Gasteiger partial charge in [-0.3, -0.25) is 45.9 Å². The maximum Gasteiger partial charge on any atom is 0.328 e. The lowest BCUT2D eigenvalue weighted by molar-refractivity contribution is -0.393. The number of carbonyl (C=O) groups is 3. The van der Waals surface area contributed by atoms with Gasteiger partial charge < -0.3 is 0 Å². The molecule has 0 atom stereocenters. The molecule has 0 radical (unpaired) electrons. The van der Waals surface area contributed by atoms with Gasteiger partial charge in [-0.2, -0.15) is 5.10 Å². The summed E-state index contributed by atoms with van der Waals surface area (Å²) in [6.07, 6.45) is 0. The van der Waals surface area contributed by atoms with Crippen LogP contribution < -0.4 is 16.1 Å². The zero-order chi connectivity index (χ0) is 21.8. The summed E-state index contributed by atoms with van der Waals surface area (Å²) >= 11 is 0. The fraction of sp³-hybridized carbons (Fsp3) is 0.0588. The quantitative estimate of drug-likeness (QED) is 0.274. The van der Waals surface area contributed by atoms with Gasteiger partial charge in [-0.15, -0.1) is 0 Å². The number of benzene rings is 2. The van der Waals surface area contributed by atoms with Gasteiger partial charge in [0.05, 0.1) is 21.6 Å². The maximum absolute atomic E-state index is 12.3. The molecule has 3 N–H and O–H groups in total. The van der Waals surface area contributed by atoms with Crippen LogP contribution in [0.5, 0.6) is 0 Å². The number of hydrazone groups is 1. The van der Waals surface area contributed by atoms with E-state index in [1.165, 1.54) is 0 Å². The van der Waals surface area contributed by atoms with Gasteiger partial charge in [0.2, 0.25) is 11.8 Å². The normalized spacial score (nSPS) is 14.7. The first-order valence-corrected chi connectivity index (χ1v) is 8.25. The van der Waals surface area contributed by atoms with Crippen molar-refractivity contribution < 1.29 is 24.2 Å². The van der Waals surface area contributed by atoms with Gasteiger partial charge in [-0.05, 0) is 11.6 Å². The minimum absolute atomic E-state index is 0.120. The van der Waals surface area contributed by atoms with Gasteiger partial charge in [0, 0.05) is 6.07 Å². The van der Waals surface area contributed by atoms with E-state index in [0.29, 0.717) is 5.56 Å². The van der Waals surface area contributed by atoms with Crippen molar-refractivity contribution >= 4 is 40.6 Å². The van der Waals surface area contributed by atoms with Crippen molar-refractivity contribution in [2.45, 2.75) is 0 Å². The first kappa shape index (κ1) is 20.1. The topological polar surface area (TPSA) is 186 Å². The highest BCUT2D eigenvalue weighted by Crippen LogP contribution is 2.29. The van der Waals surface area contributed by atoms with Crippen LogP contribution in [-0.2, 0) is 9.59 Å². The Hall–Kier alpha value is -4.68. The number of hydrogen-bond acceptors (Lipinski definition) is 9. The van der Waals surface area contributed by atoms with Crippen molar-refractivity contribution in [3.8, 4) is 0 Å². The summed E-state index contributed by atoms with van der Waals surface area (Å²) in [5.41, 5.74) is 1.27. The van der Waals surface area contributed by atoms with E-state index in [0.717, 1.165) is 18.2 Å². The number of nitro groups is 2. The molecule has 1 fully saturated rings. The van der Waals surface area contributed by atoms with Crippen molar-refractivity contribution in [2.24, 2.45) is 11.0 Å². The van der Waals surface area contributed by atoms with Gasteiger partial charge in [0.25, 0.3) is 5.69 Å². The molecule has 13 heteroatoms. The second-order valence-electron chi connectivity index (χ2n) is 5.93. The third-order valence-corrected chi connectivity index (χ3v) is 4.03. The lowest BCUT2D eigenvalue weighted by Crippen LogP contribution is -2.58. The number of barbiturate groups is 1. The molecule has 0 unspecified atom stereocenters. The predicted molar refractivity (Wildman–Crippen MR) is 102 cm³/mol. The monoisotopic (exact) mass is 412 g/mol. The SMILES string of the molecule is O=C1NC(=O)C(/C(=N/Nc2ccc([N+](=O)[O-])cc2[N+](=O)[O-])c2ccccc2)C(=O)N1. The number of rotatable bonds is 6. The number of amides is 4. The Kier molecular flexibility index (Phi) is 5.44. The standard InChI is InChI=1S/C17H12N6O7/c24-15-13(16(25)19-17(26)18-15)14(9-4-2-1-3-5-9)21-20-11-7-6-10(22(27)28)8-12(11)23(29)30/h1-8,13,20H,(H2,18,19,24,25,26)/b21-14+. The molecule has 0 aliphatic carbocycles. The number of urea groups is 1. The molecule has 3 rings (SSSR count). The van der Waals surface area contributed by atoms with Gasteiger partial charge in [0.1, 0.15) is 5.69 Å². The van der Waals surface area contributed by atoms with E-state index in [9.17, 15) is 34.6 Å². The Balaban J connectivity index is 2.05. The lowest BCUT2D eigenvalue weighted by atomic mass is 9.94. The molecule has 2 aromatic carbocycles. The number of non-ortho nitro benzene ring substituents is 1. The molecule has 1 saturated heterocycles. The molecule has 30 heavy (non-hydrogen) atoms. The third-order valence-electron chi connectivity index (χ3n) is 4.03. The van der Waals surface area contributed by atoms with E-state index < -0.39 is 45.0 Å². The highest BCUT2D eigenvalue weighted by atomic mass is 16.6. The first-order chi connectivity index (χ1) is 14.3. The number of carbonyl (C=O) groups excluding carboxylic acids is 3. The average molecular weight is 412 g/mol. The van der Waals surface area contributed by atoms with Crippen LogP contribution in [0.15, 0.2) is 53.6 Å². The van der Waals surface area contributed by atoms with E-state index in [1.54, 1.807) is 30.3 Å². The lowest BCUT2D eigenvalue weighted by Gasteiger charge is -2.22. The summed E-state index contributed by atoms with van der Waals surface area (Å²) in [5.74, 6) is -3.37. The van der Waals surface area contributed by atoms with Crippen LogP contribution in [0.4, 0.5) is 21.9 Å². The van der Waals surface area contributed by atoms with Crippen LogP contribution in [-0.4, -0.2) is 33.4 Å². The van der Waals surface area contributed by atoms with E-state index in [4.69, 9.17) is 0 Å². The van der Waals surface area contributed by atoms with Crippen LogP contribution in [0.1, 0.15) is 5.56 Å². The van der Waals surface area contributed by atoms with Crippen LogP contribution in [0, 0.1) is 26.1 Å². The van der Waals surface area contributed by atoms with Crippen molar-refractivity contribution in [3.05, 3.63) is 74.3 Å². The van der Waals surface area contributed by atoms with E-state index in [-0.39, 0.29) is 11.4 Å². The summed E-state index contributed by atoms with van der Waals surface area (Å²) in [7, 11) is 0. The Labute approximate surface area is 167 Å². The highest BCUT2D eigenvalue weighted by molar-refractivity contribution is 6.31. The van der Waals surface area contributed by atoms with Crippen LogP contribution in [0.3, 0.4) is 0 Å². The molecule has 1 aliphatic heterocycles. The van der Waals surface area contributed by atoms with E-state index >= 15 is 0 Å². The first-order valence-electron chi connectivity index (χ1n) is 8.25. The summed E-state index contributed by atoms with van der Waals surface area (Å²) < 4.78 is 0. The number of anilines is 1. The van der Waals surface area contributed by atoms with Gasteiger partial charge >= 0.3 is 11.7 Å². The number of nitrogens with one attached hydrogen (secondary N) is 3. The van der Waals surface area contributed by atoms with Crippen molar-refractivity contribution in [3.63, 3.8) is 0 Å². The number of nitrogens with zero attached hydrogens (tertiary/aromatic N) is 3. The highest BCUT2D eigenvalue weighted by Gasteiger charge is 2.39. The molecular formula is C17H12N6O7. The number of nitro benzene ring substituents is 2. The van der Waals surface area contributed by atoms with Gasteiger partial charge in [-0.25, -0.2) is 4.79 Å². The summed E-state index contributed by atoms with van der Waals surface area (Å²) in [6.45, 7) is 0. The zero-order valence-electron chi connectivity index (χ0n) is 14.9. The zero-order valence-corrected chi connectivity index (χ0v) is 14.9. The summed E-state index contributed by atoms with van der Waals surface area (Å²) in [6, 6.07) is 9.88. The average Bonchev–Trinajstić information content (AvgIpc) is 2.70. The Morgan fingerprint density at radius 3 is 2.13 bits per heavy atom. The van der Waals surface area contributed by atoms with Crippen molar-refractivity contribution in [2.75, 3.05) is 5.43 Å². The Morgan fingerprint density at radius 2 is 1.57 bits per heavy atom. The van der Waals surface area contributed by atoms with E-state index in [1.807, 2.05) is 10.6 Å². The molecular weight excluding hydrogens is 400 g/mol. The fourth-order valence-electron chi connectivity index (χ4n) is 2.67. The largest absolute Gasteiger partial charge is 0.328 e. The second kappa shape index (κ2) is 8.14. The molecule has 1 aliphatic rings. The predicted octanol–water partition coefficient (Wildman–Crippen LogP) is 1.30. The molecule has 1 heterocycles. The maximum atomic E-state index is 12.3. The number of imide groups is 2. The van der Waals surface area contributed by atoms with Crippen LogP contribution in [0.2, 0.25) is 0 Å². The molecule has 2 aromatic rings.